The smallest absolute Gasteiger partial charge is 0.324 e. The van der Waals surface area contributed by atoms with Gasteiger partial charge < -0.3 is 9.47 Å². The number of carbonyl (C=O) groups excluding carboxylic acids is 2. The summed E-state index contributed by atoms with van der Waals surface area (Å²) >= 11 is 0. The molecule has 0 fully saturated rings. The maximum Gasteiger partial charge on any atom is 0.324 e. The van der Waals surface area contributed by atoms with Crippen molar-refractivity contribution < 1.29 is 19.1 Å². The second-order valence-electron chi connectivity index (χ2n) is 5.29. The van der Waals surface area contributed by atoms with Crippen molar-refractivity contribution in [3.63, 3.8) is 0 Å². The number of esters is 1. The van der Waals surface area contributed by atoms with E-state index in [0.717, 1.165) is 5.56 Å². The van der Waals surface area contributed by atoms with E-state index in [9.17, 15) is 9.59 Å². The van der Waals surface area contributed by atoms with E-state index < -0.39 is 11.4 Å². The van der Waals surface area contributed by atoms with E-state index in [-0.39, 0.29) is 5.78 Å². The van der Waals surface area contributed by atoms with E-state index in [1.807, 2.05) is 12.1 Å². The quantitative estimate of drug-likeness (QED) is 0.645. The highest BCUT2D eigenvalue weighted by molar-refractivity contribution is 6.20. The summed E-state index contributed by atoms with van der Waals surface area (Å²) in [7, 11) is 2.88. The number of carbonyl (C=O) groups is 2. The van der Waals surface area contributed by atoms with Crippen LogP contribution >= 0.6 is 0 Å². The fourth-order valence-corrected chi connectivity index (χ4v) is 3.06. The van der Waals surface area contributed by atoms with E-state index in [0.29, 0.717) is 23.3 Å². The zero-order valence-electron chi connectivity index (χ0n) is 12.5. The summed E-state index contributed by atoms with van der Waals surface area (Å²) in [6.07, 6.45) is 0.320. The van der Waals surface area contributed by atoms with Crippen LogP contribution in [0.15, 0.2) is 48.5 Å². The Labute approximate surface area is 128 Å². The van der Waals surface area contributed by atoms with Crippen LogP contribution in [0.2, 0.25) is 0 Å². The number of ketones is 1. The standard InChI is InChI=1S/C18H16O4/c1-21-14-9-7-13(8-10-14)18(17(20)22-2)11-12-5-3-4-6-15(12)16(18)19/h3-10H,11H2,1-2H3. The lowest BCUT2D eigenvalue weighted by molar-refractivity contribution is -0.145. The van der Waals surface area contributed by atoms with Gasteiger partial charge in [-0.1, -0.05) is 36.4 Å². The highest BCUT2D eigenvalue weighted by Crippen LogP contribution is 2.41. The van der Waals surface area contributed by atoms with Crippen LogP contribution in [0.4, 0.5) is 0 Å². The molecule has 0 N–H and O–H groups in total. The van der Waals surface area contributed by atoms with Gasteiger partial charge in [0.05, 0.1) is 14.2 Å². The summed E-state index contributed by atoms with van der Waals surface area (Å²) in [5.74, 6) is -0.0642. The van der Waals surface area contributed by atoms with Crippen LogP contribution in [0.25, 0.3) is 0 Å². The molecule has 0 aromatic heterocycles. The molecule has 22 heavy (non-hydrogen) atoms. The van der Waals surface area contributed by atoms with Crippen LogP contribution in [0, 0.1) is 0 Å². The summed E-state index contributed by atoms with van der Waals surface area (Å²) in [6, 6.07) is 14.3. The van der Waals surface area contributed by atoms with Gasteiger partial charge in [0.1, 0.15) is 5.75 Å². The van der Waals surface area contributed by atoms with E-state index in [1.54, 1.807) is 43.5 Å². The first-order valence-electron chi connectivity index (χ1n) is 6.99. The Morgan fingerprint density at radius 3 is 2.32 bits per heavy atom. The van der Waals surface area contributed by atoms with Gasteiger partial charge in [0.25, 0.3) is 0 Å². The molecular weight excluding hydrogens is 280 g/mol. The lowest BCUT2D eigenvalue weighted by Crippen LogP contribution is -2.42. The number of hydrogen-bond acceptors (Lipinski definition) is 4. The topological polar surface area (TPSA) is 52.6 Å². The first-order valence-corrected chi connectivity index (χ1v) is 6.99. The van der Waals surface area contributed by atoms with Gasteiger partial charge in [0.15, 0.2) is 11.2 Å². The molecule has 0 bridgehead atoms. The first kappa shape index (κ1) is 14.3. The SMILES string of the molecule is COC(=O)C1(c2ccc(OC)cc2)Cc2ccccc2C1=O. The molecule has 1 atom stereocenters. The monoisotopic (exact) mass is 296 g/mol. The lowest BCUT2D eigenvalue weighted by Gasteiger charge is -2.25. The van der Waals surface area contributed by atoms with Crippen molar-refractivity contribution in [3.8, 4) is 5.75 Å². The molecule has 1 aliphatic carbocycles. The number of ether oxygens (including phenoxy) is 2. The molecule has 0 spiro atoms. The van der Waals surface area contributed by atoms with Crippen LogP contribution < -0.4 is 4.74 Å². The molecule has 112 valence electrons. The predicted molar refractivity (Wildman–Crippen MR) is 81.2 cm³/mol. The molecule has 0 saturated heterocycles. The summed E-state index contributed by atoms with van der Waals surface area (Å²) in [5.41, 5.74) is 0.781. The molecule has 1 aliphatic rings. The molecule has 2 aromatic rings. The van der Waals surface area contributed by atoms with Gasteiger partial charge in [-0.15, -0.1) is 0 Å². The molecule has 4 nitrogen and oxygen atoms in total. The van der Waals surface area contributed by atoms with E-state index in [4.69, 9.17) is 9.47 Å². The molecule has 2 aromatic carbocycles. The van der Waals surface area contributed by atoms with Crippen molar-refractivity contribution in [3.05, 3.63) is 65.2 Å². The van der Waals surface area contributed by atoms with Crippen LogP contribution in [0.3, 0.4) is 0 Å². The molecule has 0 aliphatic heterocycles. The maximum absolute atomic E-state index is 12.9. The van der Waals surface area contributed by atoms with Crippen molar-refractivity contribution >= 4 is 11.8 Å². The normalized spacial score (nSPS) is 19.6. The fraction of sp³-hybridized carbons (Fsp3) is 0.222. The number of methoxy groups -OCH3 is 2. The second-order valence-corrected chi connectivity index (χ2v) is 5.29. The molecule has 0 saturated carbocycles. The van der Waals surface area contributed by atoms with Gasteiger partial charge in [-0.25, -0.2) is 0 Å². The average molecular weight is 296 g/mol. The van der Waals surface area contributed by atoms with Gasteiger partial charge in [0.2, 0.25) is 0 Å². The highest BCUT2D eigenvalue weighted by Gasteiger charge is 2.53. The number of fused-ring (bicyclic) bond motifs is 1. The predicted octanol–water partition coefficient (Wildman–Crippen LogP) is 2.55. The van der Waals surface area contributed by atoms with Gasteiger partial charge in [-0.05, 0) is 23.3 Å². The molecule has 0 amide bonds. The van der Waals surface area contributed by atoms with Crippen molar-refractivity contribution in [2.75, 3.05) is 14.2 Å². The Morgan fingerprint density at radius 1 is 1.05 bits per heavy atom. The largest absolute Gasteiger partial charge is 0.497 e. The van der Waals surface area contributed by atoms with E-state index >= 15 is 0 Å². The lowest BCUT2D eigenvalue weighted by atomic mass is 9.77. The van der Waals surface area contributed by atoms with Gasteiger partial charge in [-0.2, -0.15) is 0 Å². The number of benzene rings is 2. The zero-order chi connectivity index (χ0) is 15.7. The Bertz CT molecular complexity index is 733. The third-order valence-electron chi connectivity index (χ3n) is 4.22. The third kappa shape index (κ3) is 1.91. The fourth-order valence-electron chi connectivity index (χ4n) is 3.06. The molecule has 0 heterocycles. The van der Waals surface area contributed by atoms with Crippen LogP contribution in [-0.4, -0.2) is 26.0 Å². The summed E-state index contributed by atoms with van der Waals surface area (Å²) in [5, 5.41) is 0. The minimum absolute atomic E-state index is 0.208. The van der Waals surface area contributed by atoms with E-state index in [1.165, 1.54) is 7.11 Å². The number of Topliss-reactive ketones (excluding diaryl/α,β-unsaturated/α-hetero) is 1. The third-order valence-corrected chi connectivity index (χ3v) is 4.22. The average Bonchev–Trinajstić information content (AvgIpc) is 2.88. The molecule has 0 radical (unpaired) electrons. The van der Waals surface area contributed by atoms with Crippen molar-refractivity contribution in [1.82, 2.24) is 0 Å². The van der Waals surface area contributed by atoms with Crippen LogP contribution in [0.1, 0.15) is 21.5 Å². The minimum atomic E-state index is -1.30. The number of hydrogen-bond donors (Lipinski definition) is 0. The van der Waals surface area contributed by atoms with Gasteiger partial charge in [0, 0.05) is 12.0 Å². The van der Waals surface area contributed by atoms with Gasteiger partial charge in [-0.3, -0.25) is 9.59 Å². The highest BCUT2D eigenvalue weighted by atomic mass is 16.5. The molecule has 4 heteroatoms. The summed E-state index contributed by atoms with van der Waals surface area (Å²) in [6.45, 7) is 0. The number of rotatable bonds is 3. The Balaban J connectivity index is 2.15. The molecule has 3 rings (SSSR count). The Hall–Kier alpha value is -2.62. The minimum Gasteiger partial charge on any atom is -0.497 e. The van der Waals surface area contributed by atoms with Crippen molar-refractivity contribution in [2.45, 2.75) is 11.8 Å². The summed E-state index contributed by atoms with van der Waals surface area (Å²) < 4.78 is 10.1. The van der Waals surface area contributed by atoms with Crippen LogP contribution in [-0.2, 0) is 21.4 Å². The maximum atomic E-state index is 12.9. The molecular formula is C18H16O4. The van der Waals surface area contributed by atoms with Crippen molar-refractivity contribution in [1.29, 1.82) is 0 Å². The summed E-state index contributed by atoms with van der Waals surface area (Å²) in [4.78, 5) is 25.4. The second kappa shape index (κ2) is 5.30. The first-order chi connectivity index (χ1) is 10.6. The Morgan fingerprint density at radius 2 is 1.73 bits per heavy atom. The molecule has 1 unspecified atom stereocenters. The van der Waals surface area contributed by atoms with Crippen LogP contribution in [0.5, 0.6) is 5.75 Å². The van der Waals surface area contributed by atoms with Crippen molar-refractivity contribution in [2.24, 2.45) is 0 Å². The zero-order valence-corrected chi connectivity index (χ0v) is 12.5. The van der Waals surface area contributed by atoms with Gasteiger partial charge >= 0.3 is 5.97 Å². The Kier molecular flexibility index (Phi) is 3.45. The van der Waals surface area contributed by atoms with E-state index in [2.05, 4.69) is 0 Å².